The van der Waals surface area contributed by atoms with Gasteiger partial charge in [0.2, 0.25) is 0 Å². The predicted molar refractivity (Wildman–Crippen MR) is 49.6 cm³/mol. The van der Waals surface area contributed by atoms with Crippen LogP contribution in [0.3, 0.4) is 0 Å². The first-order valence-corrected chi connectivity index (χ1v) is 4.54. The maximum atomic E-state index is 9.92. The second-order valence-electron chi connectivity index (χ2n) is 3.22. The predicted octanol–water partition coefficient (Wildman–Crippen LogP) is 1.67. The van der Waals surface area contributed by atoms with Gasteiger partial charge in [0.05, 0.1) is 11.7 Å². The van der Waals surface area contributed by atoms with Gasteiger partial charge in [0.1, 0.15) is 0 Å². The Morgan fingerprint density at radius 3 is 2.42 bits per heavy atom. The molecule has 0 aromatic rings. The molecule has 0 bridgehead atoms. The third-order valence-corrected chi connectivity index (χ3v) is 2.16. The molecule has 71 valence electrons. The van der Waals surface area contributed by atoms with Gasteiger partial charge in [-0.05, 0) is 19.3 Å². The van der Waals surface area contributed by atoms with Crippen LogP contribution in [0.5, 0.6) is 0 Å². The Kier molecular flexibility index (Phi) is 5.18. The molecule has 0 amide bonds. The van der Waals surface area contributed by atoms with Gasteiger partial charge in [0.15, 0.2) is 0 Å². The molecule has 1 radical (unpaired) electrons. The lowest BCUT2D eigenvalue weighted by Gasteiger charge is -2.31. The van der Waals surface area contributed by atoms with E-state index in [4.69, 9.17) is 6.58 Å². The molecule has 0 aliphatic heterocycles. The summed E-state index contributed by atoms with van der Waals surface area (Å²) in [7, 11) is 0. The molecule has 0 aromatic heterocycles. The van der Waals surface area contributed by atoms with Crippen LogP contribution in [0.1, 0.15) is 39.5 Å². The van der Waals surface area contributed by atoms with Crippen molar-refractivity contribution in [2.24, 2.45) is 0 Å². The van der Waals surface area contributed by atoms with Crippen molar-refractivity contribution < 1.29 is 10.2 Å². The van der Waals surface area contributed by atoms with Crippen LogP contribution < -0.4 is 0 Å². The Bertz CT molecular complexity index is 134. The second kappa shape index (κ2) is 5.33. The Morgan fingerprint density at radius 1 is 1.50 bits per heavy atom. The van der Waals surface area contributed by atoms with E-state index >= 15 is 0 Å². The summed E-state index contributed by atoms with van der Waals surface area (Å²) in [6.45, 7) is 9.07. The first-order chi connectivity index (χ1) is 5.60. The number of rotatable bonds is 6. The number of aliphatic hydroxyl groups excluding tert-OH is 1. The summed E-state index contributed by atoms with van der Waals surface area (Å²) in [6, 6.07) is 0. The van der Waals surface area contributed by atoms with Crippen LogP contribution in [0.15, 0.2) is 6.08 Å². The van der Waals surface area contributed by atoms with Crippen LogP contribution >= 0.6 is 0 Å². The van der Waals surface area contributed by atoms with Crippen molar-refractivity contribution in [3.63, 3.8) is 0 Å². The van der Waals surface area contributed by atoms with Crippen molar-refractivity contribution in [1.82, 2.24) is 0 Å². The number of aliphatic hydroxyl groups is 2. The van der Waals surface area contributed by atoms with Crippen molar-refractivity contribution in [3.8, 4) is 0 Å². The van der Waals surface area contributed by atoms with Crippen molar-refractivity contribution >= 4 is 0 Å². The summed E-state index contributed by atoms with van der Waals surface area (Å²) in [5.41, 5.74) is -1.02. The highest BCUT2D eigenvalue weighted by Gasteiger charge is 2.31. The molecular formula is C10H19O2. The molecule has 0 rings (SSSR count). The highest BCUT2D eigenvalue weighted by atomic mass is 16.3. The van der Waals surface area contributed by atoms with E-state index in [-0.39, 0.29) is 0 Å². The fraction of sp³-hybridized carbons (Fsp3) is 0.800. The molecule has 0 aromatic carbocycles. The van der Waals surface area contributed by atoms with Gasteiger partial charge in [0, 0.05) is 0 Å². The lowest BCUT2D eigenvalue weighted by Crippen LogP contribution is -2.41. The van der Waals surface area contributed by atoms with Gasteiger partial charge in [-0.1, -0.05) is 32.9 Å². The van der Waals surface area contributed by atoms with Gasteiger partial charge in [0.25, 0.3) is 0 Å². The van der Waals surface area contributed by atoms with E-state index in [1.165, 1.54) is 6.08 Å². The second-order valence-corrected chi connectivity index (χ2v) is 3.22. The molecule has 2 N–H and O–H groups in total. The Morgan fingerprint density at radius 2 is 2.08 bits per heavy atom. The minimum absolute atomic E-state index is 0.357. The zero-order chi connectivity index (χ0) is 9.61. The zero-order valence-corrected chi connectivity index (χ0v) is 7.95. The normalized spacial score (nSPS) is 18.3. The van der Waals surface area contributed by atoms with Crippen molar-refractivity contribution in [3.05, 3.63) is 12.7 Å². The molecule has 0 fully saturated rings. The lowest BCUT2D eigenvalue weighted by molar-refractivity contribution is -0.0796. The molecule has 0 spiro atoms. The molecule has 2 unspecified atom stereocenters. The lowest BCUT2D eigenvalue weighted by atomic mass is 9.87. The summed E-state index contributed by atoms with van der Waals surface area (Å²) in [4.78, 5) is 0. The average Bonchev–Trinajstić information content (AvgIpc) is 2.04. The smallest absolute Gasteiger partial charge is 0.0939 e. The van der Waals surface area contributed by atoms with E-state index in [1.807, 2.05) is 13.8 Å². The van der Waals surface area contributed by atoms with Gasteiger partial charge in [-0.25, -0.2) is 0 Å². The topological polar surface area (TPSA) is 40.5 Å². The minimum atomic E-state index is -1.02. The zero-order valence-electron chi connectivity index (χ0n) is 7.95. The standard InChI is InChI=1S/C10H19O2/c1-4-7-10(12,8-5-2)9(11)6-3/h1,4,9,11-12H,5-8H2,2-3H3. The quantitative estimate of drug-likeness (QED) is 0.638. The summed E-state index contributed by atoms with van der Waals surface area (Å²) in [6.07, 6.45) is 3.10. The molecule has 12 heavy (non-hydrogen) atoms. The SMILES string of the molecule is [CH]=CCC(O)(CCC)C(O)CC. The van der Waals surface area contributed by atoms with Gasteiger partial charge in [-0.3, -0.25) is 0 Å². The monoisotopic (exact) mass is 171 g/mol. The third-order valence-electron chi connectivity index (χ3n) is 2.16. The molecule has 0 saturated carbocycles. The third kappa shape index (κ3) is 2.95. The molecule has 0 heterocycles. The van der Waals surface area contributed by atoms with Crippen LogP contribution in [0.4, 0.5) is 0 Å². The maximum Gasteiger partial charge on any atom is 0.0939 e. The van der Waals surface area contributed by atoms with E-state index in [2.05, 4.69) is 0 Å². The van der Waals surface area contributed by atoms with Crippen LogP contribution in [0.25, 0.3) is 0 Å². The van der Waals surface area contributed by atoms with Crippen LogP contribution in [0.2, 0.25) is 0 Å². The number of hydrogen-bond donors (Lipinski definition) is 2. The molecule has 2 atom stereocenters. The maximum absolute atomic E-state index is 9.92. The van der Waals surface area contributed by atoms with E-state index in [0.717, 1.165) is 6.42 Å². The van der Waals surface area contributed by atoms with Crippen molar-refractivity contribution in [1.29, 1.82) is 0 Å². The molecular weight excluding hydrogens is 152 g/mol. The highest BCUT2D eigenvalue weighted by molar-refractivity contribution is 4.90. The van der Waals surface area contributed by atoms with Crippen LogP contribution in [-0.2, 0) is 0 Å². The van der Waals surface area contributed by atoms with E-state index in [1.54, 1.807) is 0 Å². The van der Waals surface area contributed by atoms with Gasteiger partial charge in [-0.15, -0.1) is 0 Å². The van der Waals surface area contributed by atoms with Crippen LogP contribution in [-0.4, -0.2) is 21.9 Å². The van der Waals surface area contributed by atoms with E-state index < -0.39 is 11.7 Å². The summed E-state index contributed by atoms with van der Waals surface area (Å²) in [5.74, 6) is 0. The van der Waals surface area contributed by atoms with Crippen molar-refractivity contribution in [2.45, 2.75) is 51.2 Å². The van der Waals surface area contributed by atoms with Crippen molar-refractivity contribution in [2.75, 3.05) is 0 Å². The Balaban J connectivity index is 4.25. The average molecular weight is 171 g/mol. The summed E-state index contributed by atoms with van der Waals surface area (Å²) in [5, 5.41) is 19.4. The van der Waals surface area contributed by atoms with Gasteiger partial charge < -0.3 is 10.2 Å². The fourth-order valence-corrected chi connectivity index (χ4v) is 1.42. The fourth-order valence-electron chi connectivity index (χ4n) is 1.42. The molecule has 0 aliphatic rings. The minimum Gasteiger partial charge on any atom is -0.390 e. The Hall–Kier alpha value is -0.340. The summed E-state index contributed by atoms with van der Waals surface area (Å²) < 4.78 is 0. The van der Waals surface area contributed by atoms with E-state index in [0.29, 0.717) is 19.3 Å². The van der Waals surface area contributed by atoms with Crippen LogP contribution in [0, 0.1) is 6.58 Å². The molecule has 2 heteroatoms. The largest absolute Gasteiger partial charge is 0.390 e. The number of hydrogen-bond acceptors (Lipinski definition) is 2. The first-order valence-electron chi connectivity index (χ1n) is 4.54. The molecule has 0 saturated heterocycles. The Labute approximate surface area is 74.9 Å². The molecule has 2 nitrogen and oxygen atoms in total. The van der Waals surface area contributed by atoms with Gasteiger partial charge in [-0.2, -0.15) is 0 Å². The first kappa shape index (κ1) is 11.7. The highest BCUT2D eigenvalue weighted by Crippen LogP contribution is 2.24. The van der Waals surface area contributed by atoms with Gasteiger partial charge >= 0.3 is 0 Å². The molecule has 0 aliphatic carbocycles. The summed E-state index contributed by atoms with van der Waals surface area (Å²) >= 11 is 0. The van der Waals surface area contributed by atoms with E-state index in [9.17, 15) is 10.2 Å².